The average Bonchev–Trinajstić information content (AvgIpc) is 3.34. The number of carbonyl (C=O) groups excluding carboxylic acids is 1. The molecule has 0 rings (SSSR count). The van der Waals surface area contributed by atoms with E-state index in [9.17, 15) is 15.0 Å². The molecule has 2 atom stereocenters. The Kier molecular flexibility index (Phi) is 55.8. The Bertz CT molecular complexity index is 1300. The van der Waals surface area contributed by atoms with Crippen LogP contribution in [0.5, 0.6) is 0 Å². The standard InChI is InChI=1S/C64H111NO3/c1-3-5-7-9-11-13-15-17-19-21-23-25-27-29-30-31-32-33-34-36-38-40-42-44-46-48-50-52-54-56-58-60-64(68)65-62(61-66)63(67)59-57-55-53-51-49-47-45-43-41-39-37-35-28-26-24-22-20-18-16-14-12-10-8-6-4-2/h5,7,11,13,17,19,23,25,29-30,32-33,36,38,42,44,48,50,62-63,66-67H,3-4,6,8-10,12,14-16,18,20-22,24,26-28,31,34-35,37,39-41,43,45-47,49,51-61H2,1-2H3,(H,65,68)/b7-5-,13-11-,19-17-,25-23-,30-29-,33-32-,38-36-,44-42-,50-48-. The third-order valence-electron chi connectivity index (χ3n) is 12.8. The zero-order chi connectivity index (χ0) is 49.2. The molecule has 4 heteroatoms. The van der Waals surface area contributed by atoms with Crippen LogP contribution in [0.1, 0.15) is 271 Å². The number of carbonyl (C=O) groups is 1. The Hall–Kier alpha value is -2.95. The zero-order valence-corrected chi connectivity index (χ0v) is 44.8. The molecule has 0 radical (unpaired) electrons. The van der Waals surface area contributed by atoms with Crippen molar-refractivity contribution in [2.24, 2.45) is 0 Å². The van der Waals surface area contributed by atoms with E-state index in [0.717, 1.165) is 96.3 Å². The van der Waals surface area contributed by atoms with E-state index in [1.165, 1.54) is 148 Å². The van der Waals surface area contributed by atoms with Crippen LogP contribution in [0, 0.1) is 0 Å². The van der Waals surface area contributed by atoms with Gasteiger partial charge in [0.2, 0.25) is 5.91 Å². The molecule has 390 valence electrons. The molecule has 0 aliphatic heterocycles. The number of hydrogen-bond acceptors (Lipinski definition) is 3. The quantitative estimate of drug-likeness (QED) is 0.0420. The Labute approximate surface area is 423 Å². The first kappa shape index (κ1) is 65.0. The van der Waals surface area contributed by atoms with Gasteiger partial charge in [0.15, 0.2) is 0 Å². The van der Waals surface area contributed by atoms with Gasteiger partial charge in [0.25, 0.3) is 0 Å². The van der Waals surface area contributed by atoms with Crippen molar-refractivity contribution in [3.8, 4) is 0 Å². The van der Waals surface area contributed by atoms with Gasteiger partial charge in [0.1, 0.15) is 0 Å². The molecule has 0 aromatic heterocycles. The van der Waals surface area contributed by atoms with E-state index in [4.69, 9.17) is 0 Å². The van der Waals surface area contributed by atoms with Gasteiger partial charge in [-0.15, -0.1) is 0 Å². The first-order chi connectivity index (χ1) is 33.7. The molecule has 0 fully saturated rings. The van der Waals surface area contributed by atoms with Crippen LogP contribution in [0.3, 0.4) is 0 Å². The highest BCUT2D eigenvalue weighted by Gasteiger charge is 2.20. The number of allylic oxidation sites excluding steroid dienone is 18. The molecule has 0 bridgehead atoms. The molecule has 4 nitrogen and oxygen atoms in total. The second-order valence-electron chi connectivity index (χ2n) is 19.3. The fraction of sp³-hybridized carbons (Fsp3) is 0.703. The molecular weight excluding hydrogens is 831 g/mol. The SMILES string of the molecule is CC/C=C\C/C=C\C/C=C\C/C=C\C/C=C\C/C=C\C/C=C\C/C=C\C/C=C\CCCCCC(=O)NC(CO)C(O)CCCCCCCCCCCCCCCCCCCCCCCCCCC. The summed E-state index contributed by atoms with van der Waals surface area (Å²) in [7, 11) is 0. The van der Waals surface area contributed by atoms with Crippen LogP contribution in [0.2, 0.25) is 0 Å². The van der Waals surface area contributed by atoms with E-state index in [-0.39, 0.29) is 12.5 Å². The highest BCUT2D eigenvalue weighted by atomic mass is 16.3. The first-order valence-corrected chi connectivity index (χ1v) is 29.1. The number of rotatable bonds is 52. The minimum Gasteiger partial charge on any atom is -0.394 e. The van der Waals surface area contributed by atoms with E-state index in [1.54, 1.807) is 0 Å². The summed E-state index contributed by atoms with van der Waals surface area (Å²) >= 11 is 0. The first-order valence-electron chi connectivity index (χ1n) is 29.1. The molecule has 3 N–H and O–H groups in total. The monoisotopic (exact) mass is 942 g/mol. The van der Waals surface area contributed by atoms with Crippen LogP contribution in [0.15, 0.2) is 109 Å². The summed E-state index contributed by atoms with van der Waals surface area (Å²) in [6, 6.07) is -0.564. The van der Waals surface area contributed by atoms with Gasteiger partial charge in [-0.25, -0.2) is 0 Å². The summed E-state index contributed by atoms with van der Waals surface area (Å²) in [5.74, 6) is -0.0648. The highest BCUT2D eigenvalue weighted by Crippen LogP contribution is 2.17. The van der Waals surface area contributed by atoms with Crippen LogP contribution < -0.4 is 5.32 Å². The van der Waals surface area contributed by atoms with E-state index in [1.807, 2.05) is 0 Å². The lowest BCUT2D eigenvalue weighted by Crippen LogP contribution is -2.45. The smallest absolute Gasteiger partial charge is 0.220 e. The van der Waals surface area contributed by atoms with Crippen LogP contribution in [-0.2, 0) is 4.79 Å². The van der Waals surface area contributed by atoms with Crippen LogP contribution >= 0.6 is 0 Å². The Balaban J connectivity index is 3.61. The number of aliphatic hydroxyl groups is 2. The molecule has 0 aliphatic rings. The molecule has 1 amide bonds. The molecule has 0 aromatic rings. The number of nitrogens with one attached hydrogen (secondary N) is 1. The van der Waals surface area contributed by atoms with Crippen molar-refractivity contribution in [2.45, 2.75) is 283 Å². The molecule has 68 heavy (non-hydrogen) atoms. The highest BCUT2D eigenvalue weighted by molar-refractivity contribution is 5.76. The van der Waals surface area contributed by atoms with E-state index in [2.05, 4.69) is 129 Å². The largest absolute Gasteiger partial charge is 0.394 e. The average molecular weight is 943 g/mol. The van der Waals surface area contributed by atoms with E-state index >= 15 is 0 Å². The van der Waals surface area contributed by atoms with Gasteiger partial charge in [-0.1, -0.05) is 290 Å². The maximum absolute atomic E-state index is 12.5. The van der Waals surface area contributed by atoms with Gasteiger partial charge in [-0.05, 0) is 83.5 Å². The fourth-order valence-electron chi connectivity index (χ4n) is 8.41. The molecule has 0 spiro atoms. The lowest BCUT2D eigenvalue weighted by molar-refractivity contribution is -0.123. The van der Waals surface area contributed by atoms with E-state index < -0.39 is 12.1 Å². The minimum atomic E-state index is -0.683. The van der Waals surface area contributed by atoms with Crippen LogP contribution in [0.25, 0.3) is 0 Å². The van der Waals surface area contributed by atoms with Crippen molar-refractivity contribution in [3.05, 3.63) is 109 Å². The maximum Gasteiger partial charge on any atom is 0.220 e. The summed E-state index contributed by atoms with van der Waals surface area (Å²) in [5.41, 5.74) is 0. The summed E-state index contributed by atoms with van der Waals surface area (Å²) in [6.07, 6.45) is 87.9. The topological polar surface area (TPSA) is 69.6 Å². The van der Waals surface area contributed by atoms with Crippen LogP contribution in [-0.4, -0.2) is 34.9 Å². The van der Waals surface area contributed by atoms with E-state index in [0.29, 0.717) is 12.8 Å². The van der Waals surface area contributed by atoms with Crippen molar-refractivity contribution >= 4 is 5.91 Å². The second kappa shape index (κ2) is 58.4. The summed E-state index contributed by atoms with van der Waals surface area (Å²) in [5, 5.41) is 23.3. The normalized spacial score (nSPS) is 13.6. The number of hydrogen-bond donors (Lipinski definition) is 3. The molecule has 0 saturated carbocycles. The predicted molar refractivity (Wildman–Crippen MR) is 303 cm³/mol. The third-order valence-corrected chi connectivity index (χ3v) is 12.8. The Morgan fingerprint density at radius 3 is 0.956 bits per heavy atom. The molecule has 0 saturated heterocycles. The van der Waals surface area contributed by atoms with Crippen molar-refractivity contribution in [1.82, 2.24) is 5.32 Å². The molecular formula is C64H111NO3. The summed E-state index contributed by atoms with van der Waals surface area (Å²) in [4.78, 5) is 12.5. The predicted octanol–water partition coefficient (Wildman–Crippen LogP) is 19.5. The zero-order valence-electron chi connectivity index (χ0n) is 44.8. The van der Waals surface area contributed by atoms with Gasteiger partial charge in [0.05, 0.1) is 18.8 Å². The molecule has 0 heterocycles. The van der Waals surface area contributed by atoms with Crippen LogP contribution in [0.4, 0.5) is 0 Å². The third kappa shape index (κ3) is 54.0. The maximum atomic E-state index is 12.5. The van der Waals surface area contributed by atoms with Gasteiger partial charge in [-0.2, -0.15) is 0 Å². The fourth-order valence-corrected chi connectivity index (χ4v) is 8.41. The van der Waals surface area contributed by atoms with Gasteiger partial charge < -0.3 is 15.5 Å². The van der Waals surface area contributed by atoms with Gasteiger partial charge in [-0.3, -0.25) is 4.79 Å². The summed E-state index contributed by atoms with van der Waals surface area (Å²) < 4.78 is 0. The Morgan fingerprint density at radius 1 is 0.368 bits per heavy atom. The lowest BCUT2D eigenvalue weighted by Gasteiger charge is -2.22. The molecule has 0 aromatic carbocycles. The number of amides is 1. The van der Waals surface area contributed by atoms with Gasteiger partial charge in [0, 0.05) is 6.42 Å². The van der Waals surface area contributed by atoms with Crippen molar-refractivity contribution < 1.29 is 15.0 Å². The van der Waals surface area contributed by atoms with Gasteiger partial charge >= 0.3 is 0 Å². The van der Waals surface area contributed by atoms with Crippen molar-refractivity contribution in [3.63, 3.8) is 0 Å². The second-order valence-corrected chi connectivity index (χ2v) is 19.3. The summed E-state index contributed by atoms with van der Waals surface area (Å²) in [6.45, 7) is 4.24. The van der Waals surface area contributed by atoms with Crippen molar-refractivity contribution in [2.75, 3.05) is 6.61 Å². The molecule has 0 aliphatic carbocycles. The lowest BCUT2D eigenvalue weighted by atomic mass is 10.0. The Morgan fingerprint density at radius 2 is 0.647 bits per heavy atom. The number of unbranched alkanes of at least 4 members (excludes halogenated alkanes) is 27. The number of aliphatic hydroxyl groups excluding tert-OH is 2. The minimum absolute atomic E-state index is 0.0648. The molecule has 2 unspecified atom stereocenters. The van der Waals surface area contributed by atoms with Crippen molar-refractivity contribution in [1.29, 1.82) is 0 Å².